The van der Waals surface area contributed by atoms with Crippen molar-refractivity contribution in [2.45, 2.75) is 0 Å². The van der Waals surface area contributed by atoms with Gasteiger partial charge in [0.2, 0.25) is 0 Å². The van der Waals surface area contributed by atoms with Gasteiger partial charge in [0.05, 0.1) is 0 Å². The Hall–Kier alpha value is -1.72. The molecule has 0 aliphatic carbocycles. The minimum absolute atomic E-state index is 0.558. The molecule has 0 spiro atoms. The molecule has 91 valence electrons. The number of allylic oxidation sites excluding steroid dienone is 3. The Balaban J connectivity index is -0.000000188. The van der Waals surface area contributed by atoms with Crippen LogP contribution >= 0.6 is 0 Å². The van der Waals surface area contributed by atoms with Gasteiger partial charge >= 0.3 is 57.0 Å². The second kappa shape index (κ2) is 18.9. The van der Waals surface area contributed by atoms with Crippen molar-refractivity contribution in [3.63, 3.8) is 0 Å². The first-order chi connectivity index (χ1) is 7.54. The number of carboxylic acid groups (broad SMARTS) is 2. The Morgan fingerprint density at radius 2 is 1.44 bits per heavy atom. The van der Waals surface area contributed by atoms with Crippen molar-refractivity contribution >= 4 is 16.9 Å². The molecule has 0 fully saturated rings. The van der Waals surface area contributed by atoms with Crippen LogP contribution in [-0.2, 0) is 24.9 Å². The molecule has 0 heterocycles. The van der Waals surface area contributed by atoms with Crippen LogP contribution in [0.25, 0.3) is 0 Å². The molecule has 0 atom stereocenters. The zero-order chi connectivity index (χ0) is 13.4. The molecular weight excluding hydrogens is 255 g/mol. The molecule has 0 aliphatic heterocycles. The van der Waals surface area contributed by atoms with Crippen molar-refractivity contribution in [1.29, 1.82) is 0 Å². The molecule has 0 saturated carbocycles. The van der Waals surface area contributed by atoms with E-state index in [-0.39, 0.29) is 0 Å². The molecule has 0 aromatic heterocycles. The fraction of sp³-hybridized carbons (Fsp3) is 0. The first kappa shape index (κ1) is 19.8. The van der Waals surface area contributed by atoms with E-state index in [0.29, 0.717) is 12.2 Å². The number of aliphatic carboxylic acids is 2. The van der Waals surface area contributed by atoms with Crippen molar-refractivity contribution in [2.75, 3.05) is 0 Å². The van der Waals surface area contributed by atoms with Crippen LogP contribution in [-0.4, -0.2) is 27.1 Å². The van der Waals surface area contributed by atoms with Gasteiger partial charge in [-0.3, -0.25) is 6.58 Å². The van der Waals surface area contributed by atoms with Gasteiger partial charge < -0.3 is 16.8 Å². The topological polar surface area (TPSA) is 74.6 Å². The third-order valence-electron chi connectivity index (χ3n) is 0.655. The van der Waals surface area contributed by atoms with E-state index in [9.17, 15) is 9.59 Å². The molecule has 0 aromatic carbocycles. The third-order valence-corrected chi connectivity index (χ3v) is 0.855. The van der Waals surface area contributed by atoms with Crippen LogP contribution in [0.15, 0.2) is 37.0 Å². The van der Waals surface area contributed by atoms with Gasteiger partial charge in [-0.25, -0.2) is 9.59 Å². The van der Waals surface area contributed by atoms with Crippen molar-refractivity contribution in [3.05, 3.63) is 50.1 Å². The molecule has 0 bridgehead atoms. The van der Waals surface area contributed by atoms with E-state index in [1.807, 2.05) is 0 Å². The predicted molar refractivity (Wildman–Crippen MR) is 58.4 cm³/mol. The number of carbonyl (C=O) groups is 2. The van der Waals surface area contributed by atoms with Crippen LogP contribution in [0.2, 0.25) is 0 Å². The van der Waals surface area contributed by atoms with Crippen molar-refractivity contribution in [3.8, 4) is 0 Å². The molecular formula is C11H12CoO4-2. The van der Waals surface area contributed by atoms with E-state index in [2.05, 4.69) is 28.5 Å². The first-order valence-electron chi connectivity index (χ1n) is 3.70. The fourth-order valence-corrected chi connectivity index (χ4v) is 0.359. The minimum atomic E-state index is -1.26. The number of rotatable bonds is 4. The van der Waals surface area contributed by atoms with Crippen LogP contribution < -0.4 is 0 Å². The zero-order valence-corrected chi connectivity index (χ0v) is 9.41. The van der Waals surface area contributed by atoms with E-state index in [1.165, 1.54) is 6.08 Å². The summed E-state index contributed by atoms with van der Waals surface area (Å²) in [6.45, 7) is 11.9. The summed E-state index contributed by atoms with van der Waals surface area (Å²) < 4.78 is 0. The average Bonchev–Trinajstić information content (AvgIpc) is 2.27. The fourth-order valence-electron chi connectivity index (χ4n) is 0.244. The Labute approximate surface area is 102 Å². The Bertz CT molecular complexity index is 254. The zero-order valence-electron chi connectivity index (χ0n) is 8.37. The summed E-state index contributed by atoms with van der Waals surface area (Å²) in [5.74, 6) is -2.51. The van der Waals surface area contributed by atoms with Crippen molar-refractivity contribution in [2.24, 2.45) is 0 Å². The van der Waals surface area contributed by atoms with E-state index in [0.717, 1.165) is 0 Å². The van der Waals surface area contributed by atoms with Crippen LogP contribution in [0.4, 0.5) is 0 Å². The molecule has 5 heteroatoms. The van der Waals surface area contributed by atoms with Crippen LogP contribution in [0.3, 0.4) is 0 Å². The first-order valence-corrected chi connectivity index (χ1v) is 4.30. The van der Waals surface area contributed by atoms with Crippen LogP contribution in [0, 0.1) is 13.2 Å². The second-order valence-electron chi connectivity index (χ2n) is 1.70. The predicted octanol–water partition coefficient (Wildman–Crippen LogP) is 1.20. The van der Waals surface area contributed by atoms with E-state index in [1.54, 1.807) is 17.1 Å². The molecule has 0 aliphatic rings. The Morgan fingerprint density at radius 3 is 1.56 bits per heavy atom. The molecule has 2 N–H and O–H groups in total. The number of hydrogen-bond donors (Lipinski definition) is 2. The van der Waals surface area contributed by atoms with Crippen LogP contribution in [0.1, 0.15) is 0 Å². The summed E-state index contributed by atoms with van der Waals surface area (Å²) in [7, 11) is 0. The summed E-state index contributed by atoms with van der Waals surface area (Å²) in [6.07, 6.45) is 6.00. The molecule has 0 amide bonds. The summed E-state index contributed by atoms with van der Waals surface area (Å²) in [5.41, 5.74) is 0. The summed E-state index contributed by atoms with van der Waals surface area (Å²) >= 11 is 3.81. The van der Waals surface area contributed by atoms with Gasteiger partial charge in [0, 0.05) is 12.2 Å². The number of carboxylic acids is 2. The molecule has 0 rings (SSSR count). The monoisotopic (exact) mass is 267 g/mol. The van der Waals surface area contributed by atoms with Crippen LogP contribution in [0.5, 0.6) is 0 Å². The van der Waals surface area contributed by atoms with Crippen molar-refractivity contribution in [1.82, 2.24) is 0 Å². The van der Waals surface area contributed by atoms with E-state index in [4.69, 9.17) is 16.8 Å². The van der Waals surface area contributed by atoms with Crippen molar-refractivity contribution < 1.29 is 35.1 Å². The Morgan fingerprint density at radius 1 is 1.06 bits per heavy atom. The quantitative estimate of drug-likeness (QED) is 0.456. The molecule has 0 saturated heterocycles. The molecule has 0 radical (unpaired) electrons. The van der Waals surface area contributed by atoms with Gasteiger partial charge in [-0.05, 0) is 0 Å². The standard InChI is InChI=1S/C5H5.C4H4O4.C2H3.Co/c1-3-5-4-2;5-3(6)1-2-4(7)8;1-2;/h1-5H;1-2H,(H,5,6)(H,7,8);1H,2H2;/q-1;;-1;/b5-3-;2-1-;;. The molecule has 0 unspecified atom stereocenters. The molecule has 4 nitrogen and oxygen atoms in total. The normalized spacial score (nSPS) is 8.31. The van der Waals surface area contributed by atoms with Gasteiger partial charge in [-0.1, -0.05) is 0 Å². The van der Waals surface area contributed by atoms with Gasteiger partial charge in [0.1, 0.15) is 0 Å². The van der Waals surface area contributed by atoms with E-state index < -0.39 is 11.9 Å². The number of hydrogen-bond acceptors (Lipinski definition) is 2. The molecule has 0 aromatic rings. The molecule has 16 heavy (non-hydrogen) atoms. The Kier molecular flexibility index (Phi) is 23.4. The maximum absolute atomic E-state index is 9.55. The summed E-state index contributed by atoms with van der Waals surface area (Å²) in [6, 6.07) is 0. The summed E-state index contributed by atoms with van der Waals surface area (Å²) in [4.78, 5) is 20.7. The maximum atomic E-state index is 9.55. The SMILES string of the molecule is O=C(O)/C=C\C(=O)O.[CH-]=C.[CH-]=C/C=C\[CH]=[Co]. The third kappa shape index (κ3) is 39.6. The van der Waals surface area contributed by atoms with Gasteiger partial charge in [0.15, 0.2) is 0 Å². The summed E-state index contributed by atoms with van der Waals surface area (Å²) in [5, 5.41) is 15.6. The second-order valence-corrected chi connectivity index (χ2v) is 2.05. The van der Waals surface area contributed by atoms with E-state index >= 15 is 0 Å². The van der Waals surface area contributed by atoms with Gasteiger partial charge in [-0.2, -0.15) is 0 Å². The average molecular weight is 267 g/mol. The van der Waals surface area contributed by atoms with Gasteiger partial charge in [0.25, 0.3) is 0 Å². The van der Waals surface area contributed by atoms with Gasteiger partial charge in [-0.15, -0.1) is 0 Å².